The Morgan fingerprint density at radius 2 is 1.92 bits per heavy atom. The average Bonchev–Trinajstić information content (AvgIpc) is 2.60. The minimum absolute atomic E-state index is 0.0423. The van der Waals surface area contributed by atoms with E-state index in [2.05, 4.69) is 21.7 Å². The van der Waals surface area contributed by atoms with Crippen molar-refractivity contribution in [3.63, 3.8) is 0 Å². The molecule has 3 rings (SSSR count). The van der Waals surface area contributed by atoms with Crippen molar-refractivity contribution in [2.24, 2.45) is 0 Å². The lowest BCUT2D eigenvalue weighted by Crippen LogP contribution is -2.49. The van der Waals surface area contributed by atoms with Gasteiger partial charge < -0.3 is 15.7 Å². The molecule has 1 atom stereocenters. The fraction of sp³-hybridized carbons (Fsp3) is 0.278. The van der Waals surface area contributed by atoms with E-state index in [1.807, 2.05) is 18.2 Å². The first-order valence-electron chi connectivity index (χ1n) is 7.84. The zero-order chi connectivity index (χ0) is 17.0. The lowest BCUT2D eigenvalue weighted by Gasteiger charge is -2.33. The first-order valence-corrected chi connectivity index (χ1v) is 7.84. The normalized spacial score (nSPS) is 19.2. The summed E-state index contributed by atoms with van der Waals surface area (Å²) in [5, 5.41) is 15.7. The van der Waals surface area contributed by atoms with Crippen molar-refractivity contribution in [3.8, 4) is 0 Å². The molecule has 6 heteroatoms. The van der Waals surface area contributed by atoms with Gasteiger partial charge in [0.1, 0.15) is 0 Å². The zero-order valence-corrected chi connectivity index (χ0v) is 13.2. The number of nitrogens with zero attached hydrogens (tertiary/aromatic N) is 1. The molecule has 1 heterocycles. The van der Waals surface area contributed by atoms with E-state index in [1.165, 1.54) is 11.8 Å². The van der Waals surface area contributed by atoms with E-state index in [9.17, 15) is 14.7 Å². The molecular formula is C18H19N3O3. The molecular weight excluding hydrogens is 306 g/mol. The number of pyridine rings is 1. The first kappa shape index (κ1) is 16.1. The Bertz CT molecular complexity index is 748. The minimum atomic E-state index is -1.03. The topological polar surface area (TPSA) is 91.3 Å². The Labute approximate surface area is 139 Å². The molecule has 2 amide bonds. The van der Waals surface area contributed by atoms with E-state index < -0.39 is 17.4 Å². The van der Waals surface area contributed by atoms with Crippen molar-refractivity contribution in [1.82, 2.24) is 10.3 Å². The molecule has 1 aromatic carbocycles. The lowest BCUT2D eigenvalue weighted by molar-refractivity contribution is -0.136. The average molecular weight is 325 g/mol. The van der Waals surface area contributed by atoms with Gasteiger partial charge in [-0.3, -0.25) is 14.6 Å². The maximum Gasteiger partial charge on any atom is 0.313 e. The quantitative estimate of drug-likeness (QED) is 0.736. The predicted molar refractivity (Wildman–Crippen MR) is 89.3 cm³/mol. The number of nitrogens with one attached hydrogen (secondary N) is 2. The van der Waals surface area contributed by atoms with Gasteiger partial charge in [0.15, 0.2) is 0 Å². The summed E-state index contributed by atoms with van der Waals surface area (Å²) < 4.78 is 0. The monoisotopic (exact) mass is 325 g/mol. The van der Waals surface area contributed by atoms with E-state index in [-0.39, 0.29) is 6.54 Å². The molecule has 1 aromatic heterocycles. The highest BCUT2D eigenvalue weighted by Crippen LogP contribution is 2.28. The highest BCUT2D eigenvalue weighted by molar-refractivity contribution is 6.39. The van der Waals surface area contributed by atoms with Gasteiger partial charge in [-0.25, -0.2) is 0 Å². The van der Waals surface area contributed by atoms with Crippen LogP contribution in [0.15, 0.2) is 48.8 Å². The fourth-order valence-electron chi connectivity index (χ4n) is 2.88. The fourth-order valence-corrected chi connectivity index (χ4v) is 2.88. The molecule has 1 aliphatic carbocycles. The SMILES string of the molecule is O=C(NC[C@]1(O)CCc2ccccc2C1)C(=O)Nc1cccnc1. The first-order chi connectivity index (χ1) is 11.6. The summed E-state index contributed by atoms with van der Waals surface area (Å²) >= 11 is 0. The van der Waals surface area contributed by atoms with E-state index in [4.69, 9.17) is 0 Å². The summed E-state index contributed by atoms with van der Waals surface area (Å²) in [7, 11) is 0. The van der Waals surface area contributed by atoms with Gasteiger partial charge in [0.05, 0.1) is 17.5 Å². The van der Waals surface area contributed by atoms with Gasteiger partial charge in [-0.15, -0.1) is 0 Å². The molecule has 0 spiro atoms. The molecule has 0 unspecified atom stereocenters. The number of fused-ring (bicyclic) bond motifs is 1. The van der Waals surface area contributed by atoms with Crippen molar-refractivity contribution in [3.05, 3.63) is 59.9 Å². The third-order valence-electron chi connectivity index (χ3n) is 4.20. The second kappa shape index (κ2) is 6.80. The highest BCUT2D eigenvalue weighted by Gasteiger charge is 2.32. The van der Waals surface area contributed by atoms with Crippen LogP contribution in [0.4, 0.5) is 5.69 Å². The van der Waals surface area contributed by atoms with Crippen molar-refractivity contribution < 1.29 is 14.7 Å². The largest absolute Gasteiger partial charge is 0.388 e. The van der Waals surface area contributed by atoms with Crippen LogP contribution in [-0.4, -0.2) is 34.1 Å². The predicted octanol–water partition coefficient (Wildman–Crippen LogP) is 1.06. The summed E-state index contributed by atoms with van der Waals surface area (Å²) in [6.07, 6.45) is 4.80. The van der Waals surface area contributed by atoms with Crippen LogP contribution in [0.3, 0.4) is 0 Å². The number of aliphatic hydroxyl groups is 1. The number of rotatable bonds is 3. The second-order valence-corrected chi connectivity index (χ2v) is 6.05. The maximum absolute atomic E-state index is 11.9. The van der Waals surface area contributed by atoms with Crippen LogP contribution in [0.5, 0.6) is 0 Å². The van der Waals surface area contributed by atoms with Gasteiger partial charge >= 0.3 is 11.8 Å². The summed E-state index contributed by atoms with van der Waals surface area (Å²) in [5.74, 6) is -1.55. The van der Waals surface area contributed by atoms with Crippen LogP contribution in [0.25, 0.3) is 0 Å². The standard InChI is InChI=1S/C18H19N3O3/c22-16(17(23)21-15-6-3-9-19-11-15)20-12-18(24)8-7-13-4-1-2-5-14(13)10-18/h1-6,9,11,24H,7-8,10,12H2,(H,20,22)(H,21,23)/t18-/m0/s1. The number of hydrogen-bond donors (Lipinski definition) is 3. The van der Waals surface area contributed by atoms with Crippen LogP contribution >= 0.6 is 0 Å². The van der Waals surface area contributed by atoms with Crippen molar-refractivity contribution in [2.75, 3.05) is 11.9 Å². The maximum atomic E-state index is 11.9. The van der Waals surface area contributed by atoms with Crippen LogP contribution in [-0.2, 0) is 22.4 Å². The Balaban J connectivity index is 1.55. The molecule has 6 nitrogen and oxygen atoms in total. The van der Waals surface area contributed by atoms with Gasteiger partial charge in [0.25, 0.3) is 0 Å². The van der Waals surface area contributed by atoms with Crippen LogP contribution in [0.2, 0.25) is 0 Å². The molecule has 24 heavy (non-hydrogen) atoms. The third-order valence-corrected chi connectivity index (χ3v) is 4.20. The van der Waals surface area contributed by atoms with Crippen molar-refractivity contribution >= 4 is 17.5 Å². The lowest BCUT2D eigenvalue weighted by atomic mass is 9.80. The number of hydrogen-bond acceptors (Lipinski definition) is 4. The third kappa shape index (κ3) is 3.78. The van der Waals surface area contributed by atoms with Crippen molar-refractivity contribution in [1.29, 1.82) is 0 Å². The second-order valence-electron chi connectivity index (χ2n) is 6.05. The number of carbonyl (C=O) groups excluding carboxylic acids is 2. The van der Waals surface area contributed by atoms with Gasteiger partial charge in [0.2, 0.25) is 0 Å². The summed E-state index contributed by atoms with van der Waals surface area (Å²) in [4.78, 5) is 27.6. The van der Waals surface area contributed by atoms with Gasteiger partial charge in [-0.05, 0) is 36.1 Å². The van der Waals surface area contributed by atoms with Crippen LogP contribution < -0.4 is 10.6 Å². The Kier molecular flexibility index (Phi) is 4.57. The molecule has 0 saturated heterocycles. The Morgan fingerprint density at radius 1 is 1.12 bits per heavy atom. The van der Waals surface area contributed by atoms with Crippen LogP contribution in [0.1, 0.15) is 17.5 Å². The molecule has 0 saturated carbocycles. The zero-order valence-electron chi connectivity index (χ0n) is 13.2. The summed E-state index contributed by atoms with van der Waals surface area (Å²) in [5.41, 5.74) is 1.73. The molecule has 124 valence electrons. The molecule has 0 fully saturated rings. The molecule has 1 aliphatic rings. The van der Waals surface area contributed by atoms with E-state index >= 15 is 0 Å². The van der Waals surface area contributed by atoms with E-state index in [0.29, 0.717) is 18.5 Å². The molecule has 0 bridgehead atoms. The number of benzene rings is 1. The Hall–Kier alpha value is -2.73. The van der Waals surface area contributed by atoms with E-state index in [1.54, 1.807) is 18.3 Å². The number of aromatic nitrogens is 1. The van der Waals surface area contributed by atoms with Crippen LogP contribution in [0, 0.1) is 0 Å². The van der Waals surface area contributed by atoms with Gasteiger partial charge in [-0.1, -0.05) is 24.3 Å². The van der Waals surface area contributed by atoms with Crippen molar-refractivity contribution in [2.45, 2.75) is 24.9 Å². The molecule has 3 N–H and O–H groups in total. The molecule has 0 aliphatic heterocycles. The summed E-state index contributed by atoms with van der Waals surface area (Å²) in [6, 6.07) is 11.3. The number of anilines is 1. The van der Waals surface area contributed by atoms with Gasteiger partial charge in [-0.2, -0.15) is 0 Å². The molecule has 2 aromatic rings. The smallest absolute Gasteiger partial charge is 0.313 e. The molecule has 0 radical (unpaired) electrons. The number of amides is 2. The minimum Gasteiger partial charge on any atom is -0.388 e. The summed E-state index contributed by atoms with van der Waals surface area (Å²) in [6.45, 7) is 0.0423. The number of carbonyl (C=O) groups is 2. The van der Waals surface area contributed by atoms with Gasteiger partial charge in [0, 0.05) is 19.2 Å². The number of aryl methyl sites for hydroxylation is 1. The Morgan fingerprint density at radius 3 is 2.67 bits per heavy atom. The van der Waals surface area contributed by atoms with E-state index in [0.717, 1.165) is 12.0 Å². The highest BCUT2D eigenvalue weighted by atomic mass is 16.3.